The van der Waals surface area contributed by atoms with Crippen LogP contribution < -0.4 is 20.1 Å². The van der Waals surface area contributed by atoms with Gasteiger partial charge in [0.05, 0.1) is 20.9 Å². The van der Waals surface area contributed by atoms with Gasteiger partial charge in [-0.1, -0.05) is 23.7 Å². The molecule has 0 heterocycles. The van der Waals surface area contributed by atoms with E-state index in [4.69, 9.17) is 21.1 Å². The quantitative estimate of drug-likeness (QED) is 0.124. The highest BCUT2D eigenvalue weighted by molar-refractivity contribution is 14.1. The summed E-state index contributed by atoms with van der Waals surface area (Å²) >= 11 is 8.11. The standard InChI is InChI=1S/C26H21ClIN3O5/c1-2-35-23-13-16(11-17(14-29)26(34)30-18-7-9-19(32)10-8-18)12-21(28)25(23)36-15-24(33)31-22-6-4-3-5-20(22)27/h3-13,32H,2,15H2,1H3,(H,30,34)(H,31,33)/b17-11+. The number of nitriles is 1. The van der Waals surface area contributed by atoms with Gasteiger partial charge in [0, 0.05) is 5.69 Å². The predicted octanol–water partition coefficient (Wildman–Crippen LogP) is 5.61. The molecule has 0 bridgehead atoms. The molecule has 0 aliphatic rings. The van der Waals surface area contributed by atoms with Gasteiger partial charge in [0.15, 0.2) is 18.1 Å². The zero-order chi connectivity index (χ0) is 26.1. The van der Waals surface area contributed by atoms with E-state index in [2.05, 4.69) is 10.6 Å². The maximum atomic E-state index is 12.6. The maximum absolute atomic E-state index is 12.6. The van der Waals surface area contributed by atoms with Crippen molar-refractivity contribution in [2.75, 3.05) is 23.8 Å². The molecule has 8 nitrogen and oxygen atoms in total. The van der Waals surface area contributed by atoms with Crippen molar-refractivity contribution >= 4 is 63.5 Å². The second-order valence-electron chi connectivity index (χ2n) is 7.25. The fourth-order valence-electron chi connectivity index (χ4n) is 3.02. The Morgan fingerprint density at radius 3 is 2.50 bits per heavy atom. The molecule has 10 heteroatoms. The molecule has 0 saturated heterocycles. The van der Waals surface area contributed by atoms with Gasteiger partial charge in [-0.2, -0.15) is 5.26 Å². The fourth-order valence-corrected chi connectivity index (χ4v) is 3.98. The molecule has 0 radical (unpaired) electrons. The number of anilines is 2. The van der Waals surface area contributed by atoms with Crippen LogP contribution in [-0.2, 0) is 9.59 Å². The average Bonchev–Trinajstić information content (AvgIpc) is 2.85. The highest BCUT2D eigenvalue weighted by Gasteiger charge is 2.16. The highest BCUT2D eigenvalue weighted by Crippen LogP contribution is 2.35. The molecule has 184 valence electrons. The van der Waals surface area contributed by atoms with Crippen LogP contribution in [0.15, 0.2) is 66.2 Å². The molecule has 36 heavy (non-hydrogen) atoms. The van der Waals surface area contributed by atoms with Crippen LogP contribution in [0.1, 0.15) is 12.5 Å². The molecule has 2 amide bonds. The smallest absolute Gasteiger partial charge is 0.266 e. The first-order chi connectivity index (χ1) is 17.3. The van der Waals surface area contributed by atoms with Gasteiger partial charge >= 0.3 is 0 Å². The third kappa shape index (κ3) is 7.37. The van der Waals surface area contributed by atoms with Crippen LogP contribution >= 0.6 is 34.2 Å². The summed E-state index contributed by atoms with van der Waals surface area (Å²) in [6.45, 7) is 1.85. The van der Waals surface area contributed by atoms with Gasteiger partial charge in [-0.25, -0.2) is 0 Å². The van der Waals surface area contributed by atoms with Gasteiger partial charge in [0.25, 0.3) is 11.8 Å². The number of nitrogens with zero attached hydrogens (tertiary/aromatic N) is 1. The van der Waals surface area contributed by atoms with Gasteiger partial charge in [-0.15, -0.1) is 0 Å². The van der Waals surface area contributed by atoms with E-state index in [1.807, 2.05) is 28.7 Å². The minimum atomic E-state index is -0.604. The molecule has 3 aromatic carbocycles. The number of amides is 2. The number of hydrogen-bond acceptors (Lipinski definition) is 6. The van der Waals surface area contributed by atoms with Gasteiger partial charge < -0.3 is 25.2 Å². The number of phenols is 1. The van der Waals surface area contributed by atoms with Crippen molar-refractivity contribution in [1.29, 1.82) is 5.26 Å². The van der Waals surface area contributed by atoms with E-state index in [0.717, 1.165) is 0 Å². The molecule has 0 aliphatic carbocycles. The normalized spacial score (nSPS) is 10.8. The largest absolute Gasteiger partial charge is 0.508 e. The Kier molecular flexibility index (Phi) is 9.55. The number of carbonyl (C=O) groups excluding carboxylic acids is 2. The molecule has 0 aromatic heterocycles. The van der Waals surface area contributed by atoms with E-state index < -0.39 is 11.8 Å². The first-order valence-corrected chi connectivity index (χ1v) is 12.1. The number of nitrogens with one attached hydrogen (secondary N) is 2. The van der Waals surface area contributed by atoms with Crippen molar-refractivity contribution < 1.29 is 24.2 Å². The Morgan fingerprint density at radius 2 is 1.83 bits per heavy atom. The number of hydrogen-bond donors (Lipinski definition) is 3. The summed E-state index contributed by atoms with van der Waals surface area (Å²) in [5.74, 6) is -0.227. The lowest BCUT2D eigenvalue weighted by Crippen LogP contribution is -2.21. The number of halogens is 2. The number of benzene rings is 3. The topological polar surface area (TPSA) is 121 Å². The first kappa shape index (κ1) is 26.8. The number of rotatable bonds is 9. The molecule has 3 rings (SSSR count). The lowest BCUT2D eigenvalue weighted by molar-refractivity contribution is -0.118. The SMILES string of the molecule is CCOc1cc(/C=C(\C#N)C(=O)Nc2ccc(O)cc2)cc(I)c1OCC(=O)Nc1ccccc1Cl. The molecule has 0 atom stereocenters. The zero-order valence-electron chi connectivity index (χ0n) is 19.0. The van der Waals surface area contributed by atoms with Crippen molar-refractivity contribution in [3.05, 3.63) is 80.4 Å². The van der Waals surface area contributed by atoms with Gasteiger partial charge in [-0.05, 0) is 89.7 Å². The Balaban J connectivity index is 1.77. The van der Waals surface area contributed by atoms with Crippen molar-refractivity contribution in [3.63, 3.8) is 0 Å². The Bertz CT molecular complexity index is 1340. The number of para-hydroxylation sites is 1. The van der Waals surface area contributed by atoms with Crippen LogP contribution in [0.5, 0.6) is 17.2 Å². The molecule has 0 spiro atoms. The molecule has 0 fully saturated rings. The molecule has 0 saturated carbocycles. The molecule has 3 aromatic rings. The average molecular weight is 618 g/mol. The molecule has 3 N–H and O–H groups in total. The van der Waals surface area contributed by atoms with E-state index in [1.165, 1.54) is 30.3 Å². The number of ether oxygens (including phenoxy) is 2. The summed E-state index contributed by atoms with van der Waals surface area (Å²) in [5.41, 5.74) is 1.31. The summed E-state index contributed by atoms with van der Waals surface area (Å²) in [6.07, 6.45) is 1.42. The summed E-state index contributed by atoms with van der Waals surface area (Å²) < 4.78 is 12.1. The summed E-state index contributed by atoms with van der Waals surface area (Å²) in [6, 6.07) is 18.0. The fraction of sp³-hybridized carbons (Fsp3) is 0.115. The van der Waals surface area contributed by atoms with E-state index in [9.17, 15) is 20.0 Å². The van der Waals surface area contributed by atoms with E-state index in [1.54, 1.807) is 43.3 Å². The van der Waals surface area contributed by atoms with Crippen LogP contribution in [0.4, 0.5) is 11.4 Å². The summed E-state index contributed by atoms with van der Waals surface area (Å²) in [4.78, 5) is 24.9. The molecular formula is C26H21ClIN3O5. The number of phenolic OH excluding ortho intramolecular Hbond substituents is 1. The summed E-state index contributed by atoms with van der Waals surface area (Å²) in [5, 5.41) is 24.6. The number of carbonyl (C=O) groups is 2. The first-order valence-electron chi connectivity index (χ1n) is 10.7. The monoisotopic (exact) mass is 617 g/mol. The third-order valence-corrected chi connectivity index (χ3v) is 5.76. The summed E-state index contributed by atoms with van der Waals surface area (Å²) in [7, 11) is 0. The Hall–Kier alpha value is -3.75. The van der Waals surface area contributed by atoms with E-state index in [-0.39, 0.29) is 17.9 Å². The van der Waals surface area contributed by atoms with E-state index in [0.29, 0.717) is 43.6 Å². The maximum Gasteiger partial charge on any atom is 0.266 e. The van der Waals surface area contributed by atoms with Crippen LogP contribution in [-0.4, -0.2) is 30.1 Å². The minimum Gasteiger partial charge on any atom is -0.508 e. The Morgan fingerprint density at radius 1 is 1.11 bits per heavy atom. The molecule has 0 unspecified atom stereocenters. The highest BCUT2D eigenvalue weighted by atomic mass is 127. The second-order valence-corrected chi connectivity index (χ2v) is 8.82. The van der Waals surface area contributed by atoms with E-state index >= 15 is 0 Å². The molecular weight excluding hydrogens is 597 g/mol. The zero-order valence-corrected chi connectivity index (χ0v) is 22.0. The van der Waals surface area contributed by atoms with Crippen molar-refractivity contribution in [1.82, 2.24) is 0 Å². The van der Waals surface area contributed by atoms with Crippen molar-refractivity contribution in [2.45, 2.75) is 6.92 Å². The Labute approximate surface area is 226 Å². The second kappa shape index (κ2) is 12.8. The van der Waals surface area contributed by atoms with Gasteiger partial charge in [0.2, 0.25) is 0 Å². The van der Waals surface area contributed by atoms with Crippen LogP contribution in [0.2, 0.25) is 5.02 Å². The van der Waals surface area contributed by atoms with Gasteiger partial charge in [0.1, 0.15) is 17.4 Å². The van der Waals surface area contributed by atoms with Crippen molar-refractivity contribution in [2.24, 2.45) is 0 Å². The van der Waals surface area contributed by atoms with Gasteiger partial charge in [-0.3, -0.25) is 9.59 Å². The number of aromatic hydroxyl groups is 1. The van der Waals surface area contributed by atoms with Crippen LogP contribution in [0.3, 0.4) is 0 Å². The predicted molar refractivity (Wildman–Crippen MR) is 146 cm³/mol. The van der Waals surface area contributed by atoms with Crippen LogP contribution in [0, 0.1) is 14.9 Å². The lowest BCUT2D eigenvalue weighted by atomic mass is 10.1. The lowest BCUT2D eigenvalue weighted by Gasteiger charge is -2.15. The minimum absolute atomic E-state index is 0.0609. The van der Waals surface area contributed by atoms with Crippen molar-refractivity contribution in [3.8, 4) is 23.3 Å². The molecule has 0 aliphatic heterocycles. The van der Waals surface area contributed by atoms with Crippen LogP contribution in [0.25, 0.3) is 6.08 Å². The third-order valence-electron chi connectivity index (χ3n) is 4.63.